The van der Waals surface area contributed by atoms with Crippen LogP contribution in [-0.4, -0.2) is 36.9 Å². The van der Waals surface area contributed by atoms with Gasteiger partial charge in [-0.2, -0.15) is 5.10 Å². The Labute approximate surface area is 181 Å². The van der Waals surface area contributed by atoms with E-state index in [0.717, 1.165) is 11.1 Å². The number of hydrogen-bond donors (Lipinski definition) is 0. The van der Waals surface area contributed by atoms with Crippen LogP contribution in [0.15, 0.2) is 47.5 Å². The number of methoxy groups -OCH3 is 1. The lowest BCUT2D eigenvalue weighted by atomic mass is 10.1. The number of ether oxygens (including phenoxy) is 1. The van der Waals surface area contributed by atoms with Crippen molar-refractivity contribution in [3.8, 4) is 28.3 Å². The van der Waals surface area contributed by atoms with E-state index in [1.165, 1.54) is 27.6 Å². The first kappa shape index (κ1) is 20.7. The van der Waals surface area contributed by atoms with E-state index in [4.69, 9.17) is 16.3 Å². The SMILES string of the molecule is COc1ncc(-c2cnn(Cc3c(-c4ccc(Cl)cc4F)nnn3C)c(=O)c2)cc1C. The predicted molar refractivity (Wildman–Crippen MR) is 114 cm³/mol. The third-order valence-corrected chi connectivity index (χ3v) is 5.09. The van der Waals surface area contributed by atoms with Crippen molar-refractivity contribution in [1.29, 1.82) is 0 Å². The van der Waals surface area contributed by atoms with Crippen molar-refractivity contribution in [2.45, 2.75) is 13.5 Å². The second kappa shape index (κ2) is 8.27. The molecule has 8 nitrogen and oxygen atoms in total. The van der Waals surface area contributed by atoms with Gasteiger partial charge in [-0.15, -0.1) is 5.10 Å². The smallest absolute Gasteiger partial charge is 0.267 e. The van der Waals surface area contributed by atoms with Gasteiger partial charge in [0.2, 0.25) is 5.88 Å². The van der Waals surface area contributed by atoms with Gasteiger partial charge in [-0.1, -0.05) is 16.8 Å². The maximum absolute atomic E-state index is 14.4. The fourth-order valence-electron chi connectivity index (χ4n) is 3.23. The van der Waals surface area contributed by atoms with Crippen molar-refractivity contribution < 1.29 is 9.13 Å². The summed E-state index contributed by atoms with van der Waals surface area (Å²) in [7, 11) is 3.22. The normalized spacial score (nSPS) is 11.0. The minimum Gasteiger partial charge on any atom is -0.481 e. The van der Waals surface area contributed by atoms with Gasteiger partial charge in [-0.05, 0) is 31.2 Å². The number of benzene rings is 1. The van der Waals surface area contributed by atoms with Gasteiger partial charge in [-0.3, -0.25) is 4.79 Å². The van der Waals surface area contributed by atoms with Gasteiger partial charge in [0.15, 0.2) is 0 Å². The van der Waals surface area contributed by atoms with Crippen LogP contribution in [0.2, 0.25) is 5.02 Å². The van der Waals surface area contributed by atoms with E-state index < -0.39 is 5.82 Å². The Hall–Kier alpha value is -3.59. The number of pyridine rings is 1. The third-order valence-electron chi connectivity index (χ3n) is 4.86. The van der Waals surface area contributed by atoms with Crippen LogP contribution >= 0.6 is 11.6 Å². The van der Waals surface area contributed by atoms with E-state index in [1.807, 2.05) is 13.0 Å². The van der Waals surface area contributed by atoms with Gasteiger partial charge in [0.05, 0.1) is 25.5 Å². The van der Waals surface area contributed by atoms with Crippen molar-refractivity contribution >= 4 is 11.6 Å². The molecular weight excluding hydrogens is 423 g/mol. The van der Waals surface area contributed by atoms with Crippen molar-refractivity contribution in [3.05, 3.63) is 75.2 Å². The summed E-state index contributed by atoms with van der Waals surface area (Å²) in [5.41, 5.74) is 3.01. The van der Waals surface area contributed by atoms with Crippen molar-refractivity contribution in [2.24, 2.45) is 7.05 Å². The lowest BCUT2D eigenvalue weighted by Gasteiger charge is -2.09. The Morgan fingerprint density at radius 2 is 1.94 bits per heavy atom. The summed E-state index contributed by atoms with van der Waals surface area (Å²) in [6.07, 6.45) is 3.20. The highest BCUT2D eigenvalue weighted by atomic mass is 35.5. The average Bonchev–Trinajstić information content (AvgIpc) is 3.09. The molecule has 0 spiro atoms. The number of hydrogen-bond acceptors (Lipinski definition) is 6. The molecule has 0 N–H and O–H groups in total. The van der Waals surface area contributed by atoms with Crippen LogP contribution in [0.5, 0.6) is 5.88 Å². The molecule has 0 atom stereocenters. The molecule has 1 aromatic carbocycles. The lowest BCUT2D eigenvalue weighted by molar-refractivity contribution is 0.394. The molecule has 3 aromatic heterocycles. The first-order valence-corrected chi connectivity index (χ1v) is 9.67. The van der Waals surface area contributed by atoms with Crippen LogP contribution in [0.25, 0.3) is 22.4 Å². The summed E-state index contributed by atoms with van der Waals surface area (Å²) >= 11 is 5.84. The highest BCUT2D eigenvalue weighted by Gasteiger charge is 2.18. The number of aryl methyl sites for hydroxylation is 2. The van der Waals surface area contributed by atoms with Crippen molar-refractivity contribution in [1.82, 2.24) is 29.8 Å². The Balaban J connectivity index is 1.68. The standard InChI is InChI=1S/C21H18ClFN6O2/c1-12-6-13(9-24-21(12)31-3)14-7-19(30)29(25-10-14)11-18-20(26-27-28(18)2)16-5-4-15(22)8-17(16)23/h4-10H,11H2,1-3H3. The number of nitrogens with zero attached hydrogens (tertiary/aromatic N) is 6. The zero-order valence-corrected chi connectivity index (χ0v) is 17.8. The van der Waals surface area contributed by atoms with Gasteiger partial charge in [0.1, 0.15) is 11.5 Å². The van der Waals surface area contributed by atoms with Crippen LogP contribution in [0, 0.1) is 12.7 Å². The van der Waals surface area contributed by atoms with Crippen LogP contribution in [0.1, 0.15) is 11.3 Å². The molecule has 0 unspecified atom stereocenters. The summed E-state index contributed by atoms with van der Waals surface area (Å²) in [6.45, 7) is 1.94. The number of halogens is 2. The Morgan fingerprint density at radius 3 is 2.61 bits per heavy atom. The molecule has 0 aliphatic carbocycles. The highest BCUT2D eigenvalue weighted by Crippen LogP contribution is 2.27. The number of aromatic nitrogens is 6. The molecule has 10 heteroatoms. The molecule has 3 heterocycles. The van der Waals surface area contributed by atoms with E-state index >= 15 is 0 Å². The summed E-state index contributed by atoms with van der Waals surface area (Å²) < 4.78 is 22.3. The summed E-state index contributed by atoms with van der Waals surface area (Å²) in [4.78, 5) is 17.0. The highest BCUT2D eigenvalue weighted by molar-refractivity contribution is 6.30. The fraction of sp³-hybridized carbons (Fsp3) is 0.190. The maximum Gasteiger partial charge on any atom is 0.267 e. The predicted octanol–water partition coefficient (Wildman–Crippen LogP) is 3.26. The Morgan fingerprint density at radius 1 is 1.16 bits per heavy atom. The van der Waals surface area contributed by atoms with E-state index in [2.05, 4.69) is 20.4 Å². The molecule has 4 aromatic rings. The first-order valence-electron chi connectivity index (χ1n) is 9.29. The second-order valence-corrected chi connectivity index (χ2v) is 7.36. The topological polar surface area (TPSA) is 87.7 Å². The molecule has 0 saturated carbocycles. The van der Waals surface area contributed by atoms with Gasteiger partial charge in [0.25, 0.3) is 5.56 Å². The quantitative estimate of drug-likeness (QED) is 0.473. The summed E-state index contributed by atoms with van der Waals surface area (Å²) in [5.74, 6) is 0.00278. The largest absolute Gasteiger partial charge is 0.481 e. The maximum atomic E-state index is 14.4. The third kappa shape index (κ3) is 4.04. The molecule has 0 aliphatic heterocycles. The van der Waals surface area contributed by atoms with Crippen LogP contribution in [-0.2, 0) is 13.6 Å². The van der Waals surface area contributed by atoms with Gasteiger partial charge in [-0.25, -0.2) is 18.7 Å². The first-order chi connectivity index (χ1) is 14.9. The molecule has 31 heavy (non-hydrogen) atoms. The van der Waals surface area contributed by atoms with E-state index in [1.54, 1.807) is 32.6 Å². The van der Waals surface area contributed by atoms with E-state index in [9.17, 15) is 9.18 Å². The zero-order chi connectivity index (χ0) is 22.1. The fourth-order valence-corrected chi connectivity index (χ4v) is 3.39. The summed E-state index contributed by atoms with van der Waals surface area (Å²) in [5, 5.41) is 12.6. The van der Waals surface area contributed by atoms with Gasteiger partial charge in [0, 0.05) is 46.6 Å². The summed E-state index contributed by atoms with van der Waals surface area (Å²) in [6, 6.07) is 7.66. The van der Waals surface area contributed by atoms with Gasteiger partial charge >= 0.3 is 0 Å². The average molecular weight is 441 g/mol. The molecular formula is C21H18ClFN6O2. The molecule has 0 saturated heterocycles. The van der Waals surface area contributed by atoms with Crippen molar-refractivity contribution in [2.75, 3.05) is 7.11 Å². The number of rotatable bonds is 5. The van der Waals surface area contributed by atoms with Crippen LogP contribution in [0.4, 0.5) is 4.39 Å². The van der Waals surface area contributed by atoms with E-state index in [0.29, 0.717) is 22.8 Å². The minimum absolute atomic E-state index is 0.0693. The monoisotopic (exact) mass is 440 g/mol. The van der Waals surface area contributed by atoms with Crippen LogP contribution < -0.4 is 10.3 Å². The molecule has 158 valence electrons. The van der Waals surface area contributed by atoms with Crippen LogP contribution in [0.3, 0.4) is 0 Å². The minimum atomic E-state index is -0.521. The Kier molecular flexibility index (Phi) is 5.51. The molecule has 0 amide bonds. The lowest BCUT2D eigenvalue weighted by Crippen LogP contribution is -2.24. The molecule has 0 radical (unpaired) electrons. The van der Waals surface area contributed by atoms with Crippen molar-refractivity contribution in [3.63, 3.8) is 0 Å². The second-order valence-electron chi connectivity index (χ2n) is 6.92. The Bertz CT molecular complexity index is 1330. The molecule has 0 fully saturated rings. The molecule has 4 rings (SSSR count). The van der Waals surface area contributed by atoms with Gasteiger partial charge < -0.3 is 4.74 Å². The zero-order valence-electron chi connectivity index (χ0n) is 17.0. The molecule has 0 bridgehead atoms. The van der Waals surface area contributed by atoms with E-state index in [-0.39, 0.29) is 22.7 Å². The molecule has 0 aliphatic rings.